The highest BCUT2D eigenvalue weighted by Gasteiger charge is 2.16. The molecule has 2 aromatic heterocycles. The summed E-state index contributed by atoms with van der Waals surface area (Å²) in [7, 11) is 0. The van der Waals surface area contributed by atoms with Crippen molar-refractivity contribution < 1.29 is 4.39 Å². The fourth-order valence-corrected chi connectivity index (χ4v) is 3.71. The minimum Gasteiger partial charge on any atom is -0.339 e. The minimum atomic E-state index is -0.555. The summed E-state index contributed by atoms with van der Waals surface area (Å²) in [5.74, 6) is -0.442. The van der Waals surface area contributed by atoms with Crippen LogP contribution in [0.15, 0.2) is 47.3 Å². The molecule has 0 spiro atoms. The van der Waals surface area contributed by atoms with Gasteiger partial charge in [-0.2, -0.15) is 5.26 Å². The van der Waals surface area contributed by atoms with E-state index in [1.165, 1.54) is 33.9 Å². The maximum Gasteiger partial charge on any atom is 0.279 e. The fourth-order valence-electron chi connectivity index (χ4n) is 2.51. The molecule has 0 saturated carbocycles. The van der Waals surface area contributed by atoms with Gasteiger partial charge in [-0.1, -0.05) is 35.1 Å². The molecule has 8 heteroatoms. The van der Waals surface area contributed by atoms with Gasteiger partial charge in [-0.05, 0) is 30.3 Å². The molecule has 0 radical (unpaired) electrons. The van der Waals surface area contributed by atoms with Crippen LogP contribution in [-0.4, -0.2) is 9.38 Å². The predicted molar refractivity (Wildman–Crippen MR) is 96.3 cm³/mol. The quantitative estimate of drug-likeness (QED) is 0.570. The monoisotopic (exact) mass is 370 g/mol. The van der Waals surface area contributed by atoms with E-state index in [1.54, 1.807) is 6.07 Å². The second kappa shape index (κ2) is 5.84. The highest BCUT2D eigenvalue weighted by atomic mass is 35.5. The summed E-state index contributed by atoms with van der Waals surface area (Å²) in [4.78, 5) is 17.6. The van der Waals surface area contributed by atoms with Crippen LogP contribution >= 0.6 is 22.9 Å². The van der Waals surface area contributed by atoms with E-state index in [2.05, 4.69) is 10.3 Å². The van der Waals surface area contributed by atoms with Crippen molar-refractivity contribution in [1.82, 2.24) is 9.38 Å². The molecule has 0 fully saturated rings. The van der Waals surface area contributed by atoms with Crippen molar-refractivity contribution in [1.29, 1.82) is 5.26 Å². The van der Waals surface area contributed by atoms with E-state index < -0.39 is 11.4 Å². The van der Waals surface area contributed by atoms with Crippen molar-refractivity contribution in [2.45, 2.75) is 0 Å². The molecule has 5 nitrogen and oxygen atoms in total. The summed E-state index contributed by atoms with van der Waals surface area (Å²) in [6.07, 6.45) is 0. The Labute approximate surface area is 149 Å². The first-order valence-electron chi connectivity index (χ1n) is 7.15. The lowest BCUT2D eigenvalue weighted by Crippen LogP contribution is -2.19. The average molecular weight is 371 g/mol. The average Bonchev–Trinajstić information content (AvgIpc) is 2.97. The Balaban J connectivity index is 1.94. The van der Waals surface area contributed by atoms with E-state index in [4.69, 9.17) is 11.6 Å². The van der Waals surface area contributed by atoms with Crippen LogP contribution in [0.2, 0.25) is 5.02 Å². The fraction of sp³-hybridized carbons (Fsp3) is 0. The number of anilines is 2. The van der Waals surface area contributed by atoms with Crippen LogP contribution in [0.4, 0.5) is 15.9 Å². The van der Waals surface area contributed by atoms with E-state index in [-0.39, 0.29) is 16.4 Å². The maximum absolute atomic E-state index is 13.3. The lowest BCUT2D eigenvalue weighted by atomic mass is 10.2. The molecule has 0 unspecified atom stereocenters. The Hall–Kier alpha value is -2.95. The van der Waals surface area contributed by atoms with Gasteiger partial charge in [0.1, 0.15) is 11.9 Å². The Morgan fingerprint density at radius 1 is 1.28 bits per heavy atom. The third-order valence-electron chi connectivity index (χ3n) is 3.65. The van der Waals surface area contributed by atoms with Gasteiger partial charge in [0, 0.05) is 5.69 Å². The number of nitriles is 1. The number of thiazole rings is 1. The van der Waals surface area contributed by atoms with Crippen LogP contribution in [-0.2, 0) is 0 Å². The molecule has 122 valence electrons. The van der Waals surface area contributed by atoms with Gasteiger partial charge < -0.3 is 5.32 Å². The van der Waals surface area contributed by atoms with Gasteiger partial charge in [0.15, 0.2) is 16.3 Å². The SMILES string of the molecule is N#Cc1c(Nc2ccc(F)c(Cl)c2)nc2sc3ccccc3n2c1=O. The second-order valence-electron chi connectivity index (χ2n) is 5.19. The molecular formula is C17H8ClFN4OS. The molecule has 0 saturated heterocycles. The molecule has 0 aliphatic carbocycles. The number of benzene rings is 2. The van der Waals surface area contributed by atoms with Crippen molar-refractivity contribution in [2.75, 3.05) is 5.32 Å². The van der Waals surface area contributed by atoms with Crippen molar-refractivity contribution in [3.8, 4) is 6.07 Å². The standard InChI is InChI=1S/C17H8ClFN4OS/c18-11-7-9(5-6-12(11)19)21-15-10(8-20)16(24)23-13-3-1-2-4-14(13)25-17(23)22-15/h1-7,21H. The van der Waals surface area contributed by atoms with Gasteiger partial charge in [-0.15, -0.1) is 0 Å². The summed E-state index contributed by atoms with van der Waals surface area (Å²) >= 11 is 7.11. The van der Waals surface area contributed by atoms with E-state index in [9.17, 15) is 14.4 Å². The summed E-state index contributed by atoms with van der Waals surface area (Å²) < 4.78 is 15.6. The van der Waals surface area contributed by atoms with E-state index in [1.807, 2.05) is 24.3 Å². The maximum atomic E-state index is 13.3. The lowest BCUT2D eigenvalue weighted by molar-refractivity contribution is 0.628. The zero-order chi connectivity index (χ0) is 17.6. The van der Waals surface area contributed by atoms with Crippen molar-refractivity contribution >= 4 is 49.6 Å². The molecule has 2 aromatic carbocycles. The number of aromatic nitrogens is 2. The Morgan fingerprint density at radius 3 is 2.84 bits per heavy atom. The molecule has 4 aromatic rings. The van der Waals surface area contributed by atoms with Crippen LogP contribution in [0.5, 0.6) is 0 Å². The number of para-hydroxylation sites is 1. The first-order valence-corrected chi connectivity index (χ1v) is 8.34. The number of hydrogen-bond donors (Lipinski definition) is 1. The third kappa shape index (κ3) is 2.52. The number of halogens is 2. The summed E-state index contributed by atoms with van der Waals surface area (Å²) in [5, 5.41) is 12.2. The van der Waals surface area contributed by atoms with Gasteiger partial charge in [0.05, 0.1) is 15.2 Å². The molecule has 25 heavy (non-hydrogen) atoms. The van der Waals surface area contributed by atoms with Crippen LogP contribution in [0.3, 0.4) is 0 Å². The lowest BCUT2D eigenvalue weighted by Gasteiger charge is -2.08. The second-order valence-corrected chi connectivity index (χ2v) is 6.61. The van der Waals surface area contributed by atoms with E-state index in [0.717, 1.165) is 4.70 Å². The molecule has 0 amide bonds. The number of nitrogens with one attached hydrogen (secondary N) is 1. The molecule has 2 heterocycles. The van der Waals surface area contributed by atoms with Crippen molar-refractivity contribution in [2.24, 2.45) is 0 Å². The van der Waals surface area contributed by atoms with Gasteiger partial charge in [0.2, 0.25) is 0 Å². The molecule has 0 aliphatic rings. The van der Waals surface area contributed by atoms with Gasteiger partial charge >= 0.3 is 0 Å². The van der Waals surface area contributed by atoms with Crippen LogP contribution in [0.25, 0.3) is 15.2 Å². The topological polar surface area (TPSA) is 70.2 Å². The largest absolute Gasteiger partial charge is 0.339 e. The predicted octanol–water partition coefficient (Wildman–Crippen LogP) is 4.32. The molecule has 4 rings (SSSR count). The number of nitrogens with zero attached hydrogens (tertiary/aromatic N) is 3. The Kier molecular flexibility index (Phi) is 3.64. The summed E-state index contributed by atoms with van der Waals surface area (Å²) in [5.41, 5.74) is 0.551. The minimum absolute atomic E-state index is 0.0665. The van der Waals surface area contributed by atoms with Gasteiger partial charge in [-0.3, -0.25) is 4.79 Å². The number of fused-ring (bicyclic) bond motifs is 3. The molecule has 0 aliphatic heterocycles. The van der Waals surface area contributed by atoms with E-state index in [0.29, 0.717) is 16.2 Å². The zero-order valence-corrected chi connectivity index (χ0v) is 14.0. The Morgan fingerprint density at radius 2 is 2.08 bits per heavy atom. The molecule has 0 bridgehead atoms. The third-order valence-corrected chi connectivity index (χ3v) is 4.97. The van der Waals surface area contributed by atoms with Crippen molar-refractivity contribution in [3.05, 3.63) is 69.2 Å². The summed E-state index contributed by atoms with van der Waals surface area (Å²) in [6.45, 7) is 0. The first kappa shape index (κ1) is 15.6. The number of rotatable bonds is 2. The smallest absolute Gasteiger partial charge is 0.279 e. The van der Waals surface area contributed by atoms with Crippen LogP contribution < -0.4 is 10.9 Å². The van der Waals surface area contributed by atoms with Crippen LogP contribution in [0.1, 0.15) is 5.56 Å². The highest BCUT2D eigenvalue weighted by Crippen LogP contribution is 2.27. The van der Waals surface area contributed by atoms with Crippen LogP contribution in [0, 0.1) is 17.1 Å². The van der Waals surface area contributed by atoms with E-state index >= 15 is 0 Å². The molecular weight excluding hydrogens is 363 g/mol. The number of hydrogen-bond acceptors (Lipinski definition) is 5. The van der Waals surface area contributed by atoms with Gasteiger partial charge in [0.25, 0.3) is 5.56 Å². The molecule has 0 atom stereocenters. The zero-order valence-electron chi connectivity index (χ0n) is 12.5. The highest BCUT2D eigenvalue weighted by molar-refractivity contribution is 7.23. The molecule has 1 N–H and O–H groups in total. The normalized spacial score (nSPS) is 10.9. The Bertz CT molecular complexity index is 1240. The first-order chi connectivity index (χ1) is 12.1. The summed E-state index contributed by atoms with van der Waals surface area (Å²) in [6, 6.07) is 13.3. The van der Waals surface area contributed by atoms with Crippen molar-refractivity contribution in [3.63, 3.8) is 0 Å². The van der Waals surface area contributed by atoms with Gasteiger partial charge in [-0.25, -0.2) is 13.8 Å².